The molecule has 0 aliphatic heterocycles. The van der Waals surface area contributed by atoms with E-state index >= 15 is 0 Å². The number of nitrogens with zero attached hydrogens (tertiary/aromatic N) is 3. The fourth-order valence-electron chi connectivity index (χ4n) is 2.66. The Hall–Kier alpha value is -3.33. The number of fused-ring (bicyclic) bond motifs is 1. The Balaban J connectivity index is 1.79. The van der Waals surface area contributed by atoms with E-state index in [1.54, 1.807) is 35.9 Å². The standard InChI is InChI=1S/C18H10ClF3N4O2/c1-26-15(8-2-4-9(19)5-3-8)23-14-16(26)24-18(25-17(14)27)28-10-6-11(20)13(22)12(21)7-10/h2-7H,1H3,(H,24,25,27). The Bertz CT molecular complexity index is 1250. The highest BCUT2D eigenvalue weighted by molar-refractivity contribution is 6.30. The summed E-state index contributed by atoms with van der Waals surface area (Å²) in [5, 5.41) is 0.549. The number of nitrogens with one attached hydrogen (secondary N) is 1. The first kappa shape index (κ1) is 18.1. The van der Waals surface area contributed by atoms with Gasteiger partial charge in [0, 0.05) is 29.8 Å². The molecule has 1 N–H and O–H groups in total. The van der Waals surface area contributed by atoms with E-state index in [-0.39, 0.29) is 22.9 Å². The number of hydrogen-bond acceptors (Lipinski definition) is 4. The molecule has 0 saturated heterocycles. The average molecular weight is 407 g/mol. The van der Waals surface area contributed by atoms with Gasteiger partial charge in [0.05, 0.1) is 0 Å². The van der Waals surface area contributed by atoms with Crippen molar-refractivity contribution in [3.05, 3.63) is 69.2 Å². The maximum atomic E-state index is 13.3. The van der Waals surface area contributed by atoms with Crippen LogP contribution in [0.4, 0.5) is 13.2 Å². The smallest absolute Gasteiger partial charge is 0.304 e. The first-order valence-electron chi connectivity index (χ1n) is 7.88. The molecule has 0 amide bonds. The minimum Gasteiger partial charge on any atom is -0.425 e. The number of hydrogen-bond donors (Lipinski definition) is 1. The lowest BCUT2D eigenvalue weighted by Gasteiger charge is -2.06. The first-order chi connectivity index (χ1) is 13.3. The van der Waals surface area contributed by atoms with Crippen LogP contribution in [0.25, 0.3) is 22.6 Å². The van der Waals surface area contributed by atoms with Gasteiger partial charge in [0.2, 0.25) is 0 Å². The number of H-pyrrole nitrogens is 1. The van der Waals surface area contributed by atoms with E-state index in [1.807, 2.05) is 0 Å². The van der Waals surface area contributed by atoms with Crippen LogP contribution in [0.2, 0.25) is 5.02 Å². The predicted molar refractivity (Wildman–Crippen MR) is 96.0 cm³/mol. The third-order valence-corrected chi connectivity index (χ3v) is 4.23. The molecular weight excluding hydrogens is 397 g/mol. The molecule has 142 valence electrons. The van der Waals surface area contributed by atoms with Gasteiger partial charge >= 0.3 is 6.01 Å². The van der Waals surface area contributed by atoms with Crippen LogP contribution in [-0.2, 0) is 7.05 Å². The molecule has 0 bridgehead atoms. The molecule has 2 aromatic heterocycles. The van der Waals surface area contributed by atoms with Crippen molar-refractivity contribution in [2.75, 3.05) is 0 Å². The van der Waals surface area contributed by atoms with Gasteiger partial charge < -0.3 is 9.30 Å². The van der Waals surface area contributed by atoms with Gasteiger partial charge in [0.1, 0.15) is 11.6 Å². The minimum atomic E-state index is -1.62. The van der Waals surface area contributed by atoms with Crippen LogP contribution >= 0.6 is 11.6 Å². The van der Waals surface area contributed by atoms with Gasteiger partial charge in [-0.05, 0) is 24.3 Å². The van der Waals surface area contributed by atoms with Crippen LogP contribution in [0.15, 0.2) is 41.2 Å². The zero-order valence-electron chi connectivity index (χ0n) is 14.1. The number of rotatable bonds is 3. The Morgan fingerprint density at radius 1 is 1.07 bits per heavy atom. The molecule has 0 saturated carbocycles. The fraction of sp³-hybridized carbons (Fsp3) is 0.0556. The van der Waals surface area contributed by atoms with Crippen molar-refractivity contribution in [1.82, 2.24) is 19.5 Å². The van der Waals surface area contributed by atoms with Crippen LogP contribution in [0.1, 0.15) is 0 Å². The molecule has 0 radical (unpaired) electrons. The second-order valence-corrected chi connectivity index (χ2v) is 6.28. The van der Waals surface area contributed by atoms with Crippen molar-refractivity contribution in [3.8, 4) is 23.1 Å². The molecule has 28 heavy (non-hydrogen) atoms. The van der Waals surface area contributed by atoms with E-state index in [0.29, 0.717) is 28.5 Å². The second-order valence-electron chi connectivity index (χ2n) is 5.85. The molecule has 2 heterocycles. The number of benzene rings is 2. The van der Waals surface area contributed by atoms with Crippen molar-refractivity contribution in [2.45, 2.75) is 0 Å². The van der Waals surface area contributed by atoms with Gasteiger partial charge in [-0.3, -0.25) is 9.78 Å². The number of halogens is 4. The summed E-state index contributed by atoms with van der Waals surface area (Å²) in [6.45, 7) is 0. The zero-order chi connectivity index (χ0) is 20.0. The van der Waals surface area contributed by atoms with Gasteiger partial charge in [-0.15, -0.1) is 0 Å². The van der Waals surface area contributed by atoms with Crippen LogP contribution < -0.4 is 10.3 Å². The normalized spacial score (nSPS) is 11.2. The maximum absolute atomic E-state index is 13.3. The van der Waals surface area contributed by atoms with Gasteiger partial charge in [-0.1, -0.05) is 11.6 Å². The molecule has 0 spiro atoms. The molecule has 2 aromatic carbocycles. The van der Waals surface area contributed by atoms with Gasteiger partial charge in [0.25, 0.3) is 5.56 Å². The van der Waals surface area contributed by atoms with Gasteiger partial charge in [0.15, 0.2) is 28.6 Å². The third-order valence-electron chi connectivity index (χ3n) is 3.98. The van der Waals surface area contributed by atoms with Crippen molar-refractivity contribution in [1.29, 1.82) is 0 Å². The van der Waals surface area contributed by atoms with Crippen molar-refractivity contribution in [2.24, 2.45) is 7.05 Å². The molecule has 0 aliphatic carbocycles. The SMILES string of the molecule is Cn1c(-c2ccc(Cl)cc2)nc2c(=O)[nH]c(Oc3cc(F)c(F)c(F)c3)nc21. The van der Waals surface area contributed by atoms with Crippen LogP contribution in [0.5, 0.6) is 11.8 Å². The molecule has 0 atom stereocenters. The predicted octanol–water partition coefficient (Wildman–Crippen LogP) is 4.19. The molecule has 6 nitrogen and oxygen atoms in total. The molecule has 0 fully saturated rings. The van der Waals surface area contributed by atoms with E-state index in [9.17, 15) is 18.0 Å². The second kappa shape index (κ2) is 6.68. The lowest BCUT2D eigenvalue weighted by Crippen LogP contribution is -2.10. The Morgan fingerprint density at radius 2 is 1.71 bits per heavy atom. The average Bonchev–Trinajstić information content (AvgIpc) is 2.98. The minimum absolute atomic E-state index is 0.0521. The molecular formula is C18H10ClF3N4O2. The van der Waals surface area contributed by atoms with Gasteiger partial charge in [-0.2, -0.15) is 4.98 Å². The molecule has 4 aromatic rings. The summed E-state index contributed by atoms with van der Waals surface area (Å²) in [5.41, 5.74) is 0.330. The van der Waals surface area contributed by atoms with Gasteiger partial charge in [-0.25, -0.2) is 18.2 Å². The highest BCUT2D eigenvalue weighted by atomic mass is 35.5. The number of aromatic amines is 1. The third kappa shape index (κ3) is 3.09. The first-order valence-corrected chi connectivity index (χ1v) is 8.26. The van der Waals surface area contributed by atoms with E-state index in [4.69, 9.17) is 16.3 Å². The summed E-state index contributed by atoms with van der Waals surface area (Å²) in [6.07, 6.45) is 0. The lowest BCUT2D eigenvalue weighted by molar-refractivity contribution is 0.409. The summed E-state index contributed by atoms with van der Waals surface area (Å²) < 4.78 is 46.5. The number of aryl methyl sites for hydroxylation is 1. The number of imidazole rings is 1. The molecule has 0 unspecified atom stereocenters. The number of aromatic nitrogens is 4. The van der Waals surface area contributed by atoms with Crippen molar-refractivity contribution < 1.29 is 17.9 Å². The fourth-order valence-corrected chi connectivity index (χ4v) is 2.79. The quantitative estimate of drug-likeness (QED) is 0.518. The van der Waals surface area contributed by atoms with E-state index in [2.05, 4.69) is 15.0 Å². The lowest BCUT2D eigenvalue weighted by atomic mass is 10.2. The van der Waals surface area contributed by atoms with E-state index in [1.165, 1.54) is 0 Å². The summed E-state index contributed by atoms with van der Waals surface area (Å²) in [4.78, 5) is 23.1. The zero-order valence-corrected chi connectivity index (χ0v) is 14.9. The summed E-state index contributed by atoms with van der Waals surface area (Å²) in [6, 6.07) is 7.79. The van der Waals surface area contributed by atoms with Crippen molar-refractivity contribution in [3.63, 3.8) is 0 Å². The maximum Gasteiger partial charge on any atom is 0.304 e. The van der Waals surface area contributed by atoms with Crippen LogP contribution in [-0.4, -0.2) is 19.5 Å². The highest BCUT2D eigenvalue weighted by Crippen LogP contribution is 2.26. The molecule has 10 heteroatoms. The van der Waals surface area contributed by atoms with Crippen LogP contribution in [0.3, 0.4) is 0 Å². The van der Waals surface area contributed by atoms with Crippen LogP contribution in [0, 0.1) is 17.5 Å². The topological polar surface area (TPSA) is 72.8 Å². The Morgan fingerprint density at radius 3 is 2.36 bits per heavy atom. The van der Waals surface area contributed by atoms with E-state index in [0.717, 1.165) is 0 Å². The molecule has 4 rings (SSSR count). The monoisotopic (exact) mass is 406 g/mol. The van der Waals surface area contributed by atoms with Crippen molar-refractivity contribution >= 4 is 22.8 Å². The summed E-state index contributed by atoms with van der Waals surface area (Å²) >= 11 is 5.88. The number of ether oxygens (including phenoxy) is 1. The Labute approximate surface area is 160 Å². The summed E-state index contributed by atoms with van der Waals surface area (Å²) in [7, 11) is 1.65. The Kier molecular flexibility index (Phi) is 4.31. The largest absolute Gasteiger partial charge is 0.425 e. The molecule has 0 aliphatic rings. The highest BCUT2D eigenvalue weighted by Gasteiger charge is 2.17. The summed E-state index contributed by atoms with van der Waals surface area (Å²) in [5.74, 6) is -4.38. The van der Waals surface area contributed by atoms with E-state index < -0.39 is 23.0 Å².